The van der Waals surface area contributed by atoms with E-state index in [-0.39, 0.29) is 24.3 Å². The maximum atomic E-state index is 12.1. The number of carbonyl (C=O) groups is 2. The number of nitrogens with one attached hydrogen (secondary N) is 2. The Balaban J connectivity index is 1.78. The summed E-state index contributed by atoms with van der Waals surface area (Å²) >= 11 is 0. The molecular formula is C16H19N5O2. The fourth-order valence-corrected chi connectivity index (χ4v) is 2.69. The van der Waals surface area contributed by atoms with Crippen LogP contribution in [0.1, 0.15) is 38.6 Å². The van der Waals surface area contributed by atoms with Crippen molar-refractivity contribution < 1.29 is 9.59 Å². The molecule has 0 bridgehead atoms. The summed E-state index contributed by atoms with van der Waals surface area (Å²) in [6.45, 7) is 4.49. The van der Waals surface area contributed by atoms with Gasteiger partial charge in [-0.05, 0) is 26.0 Å². The fraction of sp³-hybridized carbons (Fsp3) is 0.375. The molecule has 2 N–H and O–H groups in total. The summed E-state index contributed by atoms with van der Waals surface area (Å²) in [7, 11) is 0. The second-order valence-electron chi connectivity index (χ2n) is 5.76. The Morgan fingerprint density at radius 2 is 2.13 bits per heavy atom. The highest BCUT2D eigenvalue weighted by molar-refractivity contribution is 6.39. The van der Waals surface area contributed by atoms with Crippen LogP contribution in [-0.4, -0.2) is 27.1 Å². The predicted molar refractivity (Wildman–Crippen MR) is 86.8 cm³/mol. The lowest BCUT2D eigenvalue weighted by Gasteiger charge is -2.15. The van der Waals surface area contributed by atoms with Crippen LogP contribution < -0.4 is 10.7 Å². The number of fused-ring (bicyclic) bond motifs is 1. The first-order chi connectivity index (χ1) is 11.1. The molecule has 2 aromatic rings. The van der Waals surface area contributed by atoms with Gasteiger partial charge in [-0.25, -0.2) is 10.4 Å². The molecule has 0 saturated heterocycles. The SMILES string of the molecule is CC(C)n1c(CNC(=O)C2=NNC(=O)CC2)nc2ccccc21. The molecule has 120 valence electrons. The van der Waals surface area contributed by atoms with E-state index in [0.717, 1.165) is 16.9 Å². The summed E-state index contributed by atoms with van der Waals surface area (Å²) in [6, 6.07) is 8.14. The van der Waals surface area contributed by atoms with Crippen molar-refractivity contribution in [3.63, 3.8) is 0 Å². The van der Waals surface area contributed by atoms with Crippen LogP contribution in [0.3, 0.4) is 0 Å². The van der Waals surface area contributed by atoms with E-state index in [4.69, 9.17) is 0 Å². The molecule has 23 heavy (non-hydrogen) atoms. The lowest BCUT2D eigenvalue weighted by Crippen LogP contribution is -2.37. The van der Waals surface area contributed by atoms with E-state index >= 15 is 0 Å². The average Bonchev–Trinajstić information content (AvgIpc) is 2.91. The third kappa shape index (κ3) is 3.08. The molecule has 1 aromatic carbocycles. The van der Waals surface area contributed by atoms with Gasteiger partial charge in [0.05, 0.1) is 17.6 Å². The highest BCUT2D eigenvalue weighted by Gasteiger charge is 2.19. The Morgan fingerprint density at radius 3 is 2.83 bits per heavy atom. The van der Waals surface area contributed by atoms with Gasteiger partial charge in [0.25, 0.3) is 5.91 Å². The molecule has 0 unspecified atom stereocenters. The smallest absolute Gasteiger partial charge is 0.267 e. The van der Waals surface area contributed by atoms with Crippen molar-refractivity contribution in [2.24, 2.45) is 5.10 Å². The second-order valence-corrected chi connectivity index (χ2v) is 5.76. The van der Waals surface area contributed by atoms with Crippen molar-refractivity contribution in [3.05, 3.63) is 30.1 Å². The zero-order valence-electron chi connectivity index (χ0n) is 13.2. The molecule has 0 fully saturated rings. The van der Waals surface area contributed by atoms with E-state index in [2.05, 4.69) is 39.2 Å². The molecule has 7 nitrogen and oxygen atoms in total. The number of nitrogens with zero attached hydrogens (tertiary/aromatic N) is 3. The van der Waals surface area contributed by atoms with E-state index < -0.39 is 0 Å². The first kappa shape index (κ1) is 15.2. The minimum Gasteiger partial charge on any atom is -0.344 e. The number of rotatable bonds is 4. The van der Waals surface area contributed by atoms with E-state index in [9.17, 15) is 9.59 Å². The summed E-state index contributed by atoms with van der Waals surface area (Å²) in [5, 5.41) is 6.64. The van der Waals surface area contributed by atoms with Crippen LogP contribution in [0, 0.1) is 0 Å². The number of amides is 2. The van der Waals surface area contributed by atoms with E-state index in [1.807, 2.05) is 24.3 Å². The number of benzene rings is 1. The Morgan fingerprint density at radius 1 is 1.35 bits per heavy atom. The Labute approximate surface area is 133 Å². The van der Waals surface area contributed by atoms with Crippen molar-refractivity contribution in [2.75, 3.05) is 0 Å². The first-order valence-electron chi connectivity index (χ1n) is 7.65. The summed E-state index contributed by atoms with van der Waals surface area (Å²) in [5.41, 5.74) is 4.63. The lowest BCUT2D eigenvalue weighted by molar-refractivity contribution is -0.121. The topological polar surface area (TPSA) is 88.4 Å². The standard InChI is InChI=1S/C16H19N5O2/c1-10(2)21-13-6-4-3-5-11(13)18-14(21)9-17-16(23)12-7-8-15(22)20-19-12/h3-6,10H,7-9H2,1-2H3,(H,17,23)(H,20,22). The quantitative estimate of drug-likeness (QED) is 0.896. The largest absolute Gasteiger partial charge is 0.344 e. The predicted octanol–water partition coefficient (Wildman–Crippen LogP) is 1.50. The van der Waals surface area contributed by atoms with Gasteiger partial charge in [-0.2, -0.15) is 5.10 Å². The number of carbonyl (C=O) groups excluding carboxylic acids is 2. The summed E-state index contributed by atoms with van der Waals surface area (Å²) in [4.78, 5) is 27.8. The minimum atomic E-state index is -0.271. The zero-order valence-corrected chi connectivity index (χ0v) is 13.2. The second kappa shape index (κ2) is 6.20. The summed E-state index contributed by atoms with van der Waals surface area (Å²) < 4.78 is 2.11. The maximum absolute atomic E-state index is 12.1. The number of aromatic nitrogens is 2. The highest BCUT2D eigenvalue weighted by atomic mass is 16.2. The highest BCUT2D eigenvalue weighted by Crippen LogP contribution is 2.20. The molecular weight excluding hydrogens is 294 g/mol. The minimum absolute atomic E-state index is 0.164. The molecule has 1 aliphatic heterocycles. The summed E-state index contributed by atoms with van der Waals surface area (Å²) in [5.74, 6) is 0.366. The molecule has 0 radical (unpaired) electrons. The van der Waals surface area contributed by atoms with Crippen LogP contribution in [0.2, 0.25) is 0 Å². The van der Waals surface area contributed by atoms with Gasteiger partial charge in [-0.15, -0.1) is 0 Å². The molecule has 0 aliphatic carbocycles. The summed E-state index contributed by atoms with van der Waals surface area (Å²) in [6.07, 6.45) is 0.648. The van der Waals surface area contributed by atoms with Gasteiger partial charge in [-0.3, -0.25) is 9.59 Å². The van der Waals surface area contributed by atoms with Gasteiger partial charge >= 0.3 is 0 Å². The molecule has 0 spiro atoms. The fourth-order valence-electron chi connectivity index (χ4n) is 2.69. The van der Waals surface area contributed by atoms with Gasteiger partial charge in [-0.1, -0.05) is 12.1 Å². The Bertz CT molecular complexity index is 791. The number of hydrogen-bond acceptors (Lipinski definition) is 4. The van der Waals surface area contributed by atoms with Crippen molar-refractivity contribution in [1.82, 2.24) is 20.3 Å². The molecule has 7 heteroatoms. The van der Waals surface area contributed by atoms with E-state index in [1.54, 1.807) is 0 Å². The number of para-hydroxylation sites is 2. The maximum Gasteiger partial charge on any atom is 0.267 e. The molecule has 0 atom stereocenters. The van der Waals surface area contributed by atoms with Crippen molar-refractivity contribution in [1.29, 1.82) is 0 Å². The molecule has 1 aliphatic rings. The van der Waals surface area contributed by atoms with Crippen LogP contribution in [0.15, 0.2) is 29.4 Å². The van der Waals surface area contributed by atoms with Gasteiger partial charge in [0.1, 0.15) is 11.5 Å². The third-order valence-corrected chi connectivity index (χ3v) is 3.76. The van der Waals surface area contributed by atoms with Gasteiger partial charge < -0.3 is 9.88 Å². The van der Waals surface area contributed by atoms with Crippen LogP contribution in [0.25, 0.3) is 11.0 Å². The average molecular weight is 313 g/mol. The zero-order chi connectivity index (χ0) is 16.4. The monoisotopic (exact) mass is 313 g/mol. The first-order valence-corrected chi connectivity index (χ1v) is 7.65. The van der Waals surface area contributed by atoms with Crippen LogP contribution in [-0.2, 0) is 16.1 Å². The van der Waals surface area contributed by atoms with Crippen molar-refractivity contribution >= 4 is 28.6 Å². The van der Waals surface area contributed by atoms with Crippen LogP contribution in [0.4, 0.5) is 0 Å². The molecule has 3 rings (SSSR count). The van der Waals surface area contributed by atoms with Gasteiger partial charge in [0.15, 0.2) is 0 Å². The molecule has 2 heterocycles. The van der Waals surface area contributed by atoms with Crippen molar-refractivity contribution in [2.45, 2.75) is 39.3 Å². The van der Waals surface area contributed by atoms with Crippen LogP contribution in [0.5, 0.6) is 0 Å². The number of imidazole rings is 1. The van der Waals surface area contributed by atoms with E-state index in [1.165, 1.54) is 0 Å². The molecule has 0 saturated carbocycles. The normalized spacial score (nSPS) is 14.7. The van der Waals surface area contributed by atoms with Gasteiger partial charge in [0, 0.05) is 18.9 Å². The third-order valence-electron chi connectivity index (χ3n) is 3.76. The lowest BCUT2D eigenvalue weighted by atomic mass is 10.1. The Hall–Kier alpha value is -2.70. The number of hydrogen-bond donors (Lipinski definition) is 2. The molecule has 2 amide bonds. The van der Waals surface area contributed by atoms with Gasteiger partial charge in [0.2, 0.25) is 5.91 Å². The van der Waals surface area contributed by atoms with Crippen LogP contribution >= 0.6 is 0 Å². The number of hydrazone groups is 1. The van der Waals surface area contributed by atoms with Crippen molar-refractivity contribution in [3.8, 4) is 0 Å². The molecule has 1 aromatic heterocycles. The van der Waals surface area contributed by atoms with E-state index in [0.29, 0.717) is 18.7 Å². The Kier molecular flexibility index (Phi) is 4.10.